The fourth-order valence-corrected chi connectivity index (χ4v) is 3.90. The van der Waals surface area contributed by atoms with Crippen LogP contribution in [0, 0.1) is 17.8 Å². The summed E-state index contributed by atoms with van der Waals surface area (Å²) in [6.45, 7) is 12.1. The minimum absolute atomic E-state index is 0.779. The maximum atomic E-state index is 3.64. The molecule has 1 aliphatic heterocycles. The first-order chi connectivity index (χ1) is 9.19. The molecule has 0 spiro atoms. The molecule has 19 heavy (non-hydrogen) atoms. The van der Waals surface area contributed by atoms with Gasteiger partial charge in [0.2, 0.25) is 0 Å². The molecule has 2 aliphatic rings. The number of hydrogen-bond acceptors (Lipinski definition) is 2. The van der Waals surface area contributed by atoms with Gasteiger partial charge in [-0.05, 0) is 56.7 Å². The molecule has 1 aliphatic carbocycles. The van der Waals surface area contributed by atoms with Crippen molar-refractivity contribution < 1.29 is 0 Å². The lowest BCUT2D eigenvalue weighted by Crippen LogP contribution is -2.38. The molecular weight excluding hydrogens is 232 g/mol. The Kier molecular flexibility index (Phi) is 6.15. The summed E-state index contributed by atoms with van der Waals surface area (Å²) in [5.41, 5.74) is 0. The van der Waals surface area contributed by atoms with Crippen LogP contribution in [0.5, 0.6) is 0 Å². The summed E-state index contributed by atoms with van der Waals surface area (Å²) >= 11 is 0. The molecule has 0 bridgehead atoms. The van der Waals surface area contributed by atoms with Gasteiger partial charge in [-0.15, -0.1) is 0 Å². The van der Waals surface area contributed by atoms with Crippen LogP contribution in [0.2, 0.25) is 0 Å². The predicted molar refractivity (Wildman–Crippen MR) is 83.4 cm³/mol. The molecule has 3 atom stereocenters. The molecule has 0 aromatic rings. The smallest absolute Gasteiger partial charge is 0.00980 e. The molecule has 2 nitrogen and oxygen atoms in total. The van der Waals surface area contributed by atoms with E-state index in [0.29, 0.717) is 0 Å². The molecular formula is C17H34N2. The number of nitrogens with zero attached hydrogens (tertiary/aromatic N) is 1. The lowest BCUT2D eigenvalue weighted by molar-refractivity contribution is 0.150. The monoisotopic (exact) mass is 266 g/mol. The molecule has 1 saturated carbocycles. The van der Waals surface area contributed by atoms with Gasteiger partial charge in [0, 0.05) is 12.6 Å². The Hall–Kier alpha value is -0.0800. The maximum Gasteiger partial charge on any atom is 0.00980 e. The molecule has 112 valence electrons. The molecule has 1 saturated heterocycles. The van der Waals surface area contributed by atoms with Crippen molar-refractivity contribution in [1.29, 1.82) is 0 Å². The minimum atomic E-state index is 0.779. The van der Waals surface area contributed by atoms with Crippen LogP contribution in [-0.4, -0.2) is 37.1 Å². The van der Waals surface area contributed by atoms with E-state index >= 15 is 0 Å². The van der Waals surface area contributed by atoms with Gasteiger partial charge in [-0.2, -0.15) is 0 Å². The Morgan fingerprint density at radius 1 is 1.16 bits per heavy atom. The second kappa shape index (κ2) is 7.64. The van der Waals surface area contributed by atoms with Crippen LogP contribution in [0.3, 0.4) is 0 Å². The quantitative estimate of drug-likeness (QED) is 0.791. The fraction of sp³-hybridized carbons (Fsp3) is 1.00. The van der Waals surface area contributed by atoms with Crippen LogP contribution in [-0.2, 0) is 0 Å². The van der Waals surface area contributed by atoms with Gasteiger partial charge in [0.15, 0.2) is 0 Å². The first kappa shape index (κ1) is 15.3. The Labute approximate surface area is 120 Å². The molecule has 1 heterocycles. The zero-order valence-corrected chi connectivity index (χ0v) is 13.3. The van der Waals surface area contributed by atoms with E-state index in [-0.39, 0.29) is 0 Å². The van der Waals surface area contributed by atoms with Crippen molar-refractivity contribution in [3.63, 3.8) is 0 Å². The molecule has 0 amide bonds. The summed E-state index contributed by atoms with van der Waals surface area (Å²) in [7, 11) is 0. The van der Waals surface area contributed by atoms with Crippen molar-refractivity contribution in [3.05, 3.63) is 0 Å². The largest absolute Gasteiger partial charge is 0.316 e. The van der Waals surface area contributed by atoms with Crippen LogP contribution in [0.25, 0.3) is 0 Å². The lowest BCUT2D eigenvalue weighted by Gasteiger charge is -2.35. The average molecular weight is 266 g/mol. The van der Waals surface area contributed by atoms with E-state index in [1.165, 1.54) is 64.7 Å². The highest BCUT2D eigenvalue weighted by molar-refractivity contribution is 4.86. The topological polar surface area (TPSA) is 15.3 Å². The van der Waals surface area contributed by atoms with E-state index in [9.17, 15) is 0 Å². The molecule has 0 radical (unpaired) electrons. The van der Waals surface area contributed by atoms with Gasteiger partial charge in [-0.25, -0.2) is 0 Å². The Morgan fingerprint density at radius 2 is 2.00 bits per heavy atom. The van der Waals surface area contributed by atoms with Crippen LogP contribution in [0.1, 0.15) is 59.3 Å². The molecule has 2 rings (SSSR count). The average Bonchev–Trinajstić information content (AvgIpc) is 2.87. The van der Waals surface area contributed by atoms with Crippen LogP contribution in [0.4, 0.5) is 0 Å². The van der Waals surface area contributed by atoms with Crippen LogP contribution < -0.4 is 5.32 Å². The van der Waals surface area contributed by atoms with Crippen molar-refractivity contribution in [2.45, 2.75) is 65.3 Å². The standard InChI is InChI=1S/C17H34N2/c1-4-15-6-5-7-17(10-15)19-9-8-16(13-19)12-18-11-14(2)3/h14-18H,4-13H2,1-3H3. The van der Waals surface area contributed by atoms with Gasteiger partial charge in [-0.1, -0.05) is 40.0 Å². The van der Waals surface area contributed by atoms with E-state index in [2.05, 4.69) is 31.0 Å². The van der Waals surface area contributed by atoms with E-state index in [1.54, 1.807) is 0 Å². The highest BCUT2D eigenvalue weighted by Crippen LogP contribution is 2.32. The SMILES string of the molecule is CCC1CCCC(N2CCC(CNCC(C)C)C2)C1. The number of rotatable bonds is 6. The van der Waals surface area contributed by atoms with Crippen molar-refractivity contribution >= 4 is 0 Å². The summed E-state index contributed by atoms with van der Waals surface area (Å²) in [5.74, 6) is 2.69. The zero-order chi connectivity index (χ0) is 13.7. The Bertz CT molecular complexity index is 252. The molecule has 2 fully saturated rings. The van der Waals surface area contributed by atoms with Gasteiger partial charge in [-0.3, -0.25) is 0 Å². The second-order valence-electron chi connectivity index (χ2n) is 7.30. The molecule has 0 aromatic carbocycles. The van der Waals surface area contributed by atoms with E-state index in [4.69, 9.17) is 0 Å². The molecule has 1 N–H and O–H groups in total. The Balaban J connectivity index is 1.69. The summed E-state index contributed by atoms with van der Waals surface area (Å²) in [6.07, 6.45) is 8.70. The predicted octanol–water partition coefficient (Wildman–Crippen LogP) is 3.52. The number of nitrogens with one attached hydrogen (secondary N) is 1. The summed E-state index contributed by atoms with van der Waals surface area (Å²) in [6, 6.07) is 0.911. The summed E-state index contributed by atoms with van der Waals surface area (Å²) in [4.78, 5) is 2.81. The van der Waals surface area contributed by atoms with E-state index in [0.717, 1.165) is 23.8 Å². The second-order valence-corrected chi connectivity index (χ2v) is 7.30. The highest BCUT2D eigenvalue weighted by Gasteiger charge is 2.31. The van der Waals surface area contributed by atoms with Crippen molar-refractivity contribution in [3.8, 4) is 0 Å². The summed E-state index contributed by atoms with van der Waals surface area (Å²) in [5, 5.41) is 3.64. The Morgan fingerprint density at radius 3 is 2.74 bits per heavy atom. The van der Waals surface area contributed by atoms with E-state index < -0.39 is 0 Å². The normalized spacial score (nSPS) is 33.2. The lowest BCUT2D eigenvalue weighted by atomic mass is 9.83. The zero-order valence-electron chi connectivity index (χ0n) is 13.3. The minimum Gasteiger partial charge on any atom is -0.316 e. The van der Waals surface area contributed by atoms with Gasteiger partial charge in [0.25, 0.3) is 0 Å². The molecule has 3 unspecified atom stereocenters. The van der Waals surface area contributed by atoms with Crippen molar-refractivity contribution in [1.82, 2.24) is 10.2 Å². The van der Waals surface area contributed by atoms with E-state index in [1.807, 2.05) is 0 Å². The van der Waals surface area contributed by atoms with Crippen molar-refractivity contribution in [2.75, 3.05) is 26.2 Å². The van der Waals surface area contributed by atoms with Crippen molar-refractivity contribution in [2.24, 2.45) is 17.8 Å². The molecule has 2 heteroatoms. The summed E-state index contributed by atoms with van der Waals surface area (Å²) < 4.78 is 0. The third kappa shape index (κ3) is 4.75. The van der Waals surface area contributed by atoms with Gasteiger partial charge in [0.05, 0.1) is 0 Å². The van der Waals surface area contributed by atoms with Crippen LogP contribution in [0.15, 0.2) is 0 Å². The maximum absolute atomic E-state index is 3.64. The van der Waals surface area contributed by atoms with Gasteiger partial charge in [0.1, 0.15) is 0 Å². The van der Waals surface area contributed by atoms with Gasteiger partial charge >= 0.3 is 0 Å². The van der Waals surface area contributed by atoms with Crippen LogP contribution >= 0.6 is 0 Å². The number of hydrogen-bond donors (Lipinski definition) is 1. The highest BCUT2D eigenvalue weighted by atomic mass is 15.2. The first-order valence-corrected chi connectivity index (χ1v) is 8.63. The fourth-order valence-electron chi connectivity index (χ4n) is 3.90. The third-order valence-electron chi connectivity index (χ3n) is 5.15. The van der Waals surface area contributed by atoms with Gasteiger partial charge < -0.3 is 10.2 Å². The third-order valence-corrected chi connectivity index (χ3v) is 5.15. The molecule has 0 aromatic heterocycles. The number of likely N-dealkylation sites (tertiary alicyclic amines) is 1. The first-order valence-electron chi connectivity index (χ1n) is 8.63.